The number of unbranched alkanes of at least 4 members (excludes halogenated alkanes) is 1. The molecular formula is C12H20ClN3O3S. The van der Waals surface area contributed by atoms with Crippen LogP contribution in [0.4, 0.5) is 5.69 Å². The Morgan fingerprint density at radius 2 is 2.10 bits per heavy atom. The summed E-state index contributed by atoms with van der Waals surface area (Å²) in [4.78, 5) is 11.9. The fourth-order valence-corrected chi connectivity index (χ4v) is 2.46. The van der Waals surface area contributed by atoms with Gasteiger partial charge in [-0.1, -0.05) is 31.9 Å². The van der Waals surface area contributed by atoms with Crippen LogP contribution in [0.3, 0.4) is 0 Å². The van der Waals surface area contributed by atoms with Crippen molar-refractivity contribution < 1.29 is 8.42 Å². The van der Waals surface area contributed by atoms with E-state index >= 15 is 0 Å². The highest BCUT2D eigenvalue weighted by Crippen LogP contribution is 2.15. The van der Waals surface area contributed by atoms with E-state index < -0.39 is 9.84 Å². The van der Waals surface area contributed by atoms with Gasteiger partial charge in [0.1, 0.15) is 5.02 Å². The summed E-state index contributed by atoms with van der Waals surface area (Å²) in [5, 5.41) is 6.91. The van der Waals surface area contributed by atoms with Crippen molar-refractivity contribution in [2.45, 2.75) is 33.2 Å². The molecule has 0 atom stereocenters. The molecule has 114 valence electrons. The van der Waals surface area contributed by atoms with Crippen molar-refractivity contribution in [3.8, 4) is 0 Å². The number of halogens is 1. The maximum atomic E-state index is 11.9. The molecule has 0 bridgehead atoms. The first-order valence-electron chi connectivity index (χ1n) is 6.61. The minimum Gasteiger partial charge on any atom is -0.381 e. The summed E-state index contributed by atoms with van der Waals surface area (Å²) in [7, 11) is -3.04. The Morgan fingerprint density at radius 1 is 1.40 bits per heavy atom. The molecular weight excluding hydrogens is 302 g/mol. The summed E-state index contributed by atoms with van der Waals surface area (Å²) in [5.74, 6) is 0.0953. The van der Waals surface area contributed by atoms with Gasteiger partial charge >= 0.3 is 0 Å². The zero-order valence-electron chi connectivity index (χ0n) is 11.7. The van der Waals surface area contributed by atoms with E-state index in [0.717, 1.165) is 12.8 Å². The van der Waals surface area contributed by atoms with Gasteiger partial charge in [-0.05, 0) is 6.42 Å². The van der Waals surface area contributed by atoms with Crippen LogP contribution < -0.4 is 10.9 Å². The molecule has 0 aliphatic heterocycles. The van der Waals surface area contributed by atoms with Crippen LogP contribution in [-0.4, -0.2) is 36.2 Å². The first-order chi connectivity index (χ1) is 9.41. The van der Waals surface area contributed by atoms with Crippen molar-refractivity contribution >= 4 is 27.1 Å². The zero-order valence-corrected chi connectivity index (χ0v) is 13.3. The number of hydrogen-bond donors (Lipinski definition) is 1. The lowest BCUT2D eigenvalue weighted by molar-refractivity contribution is 0.543. The van der Waals surface area contributed by atoms with E-state index in [1.807, 2.05) is 6.92 Å². The molecule has 1 rings (SSSR count). The molecule has 1 aromatic rings. The fourth-order valence-electron chi connectivity index (χ4n) is 1.54. The number of anilines is 1. The van der Waals surface area contributed by atoms with E-state index in [1.165, 1.54) is 10.9 Å². The molecule has 0 saturated heterocycles. The van der Waals surface area contributed by atoms with Gasteiger partial charge in [0.15, 0.2) is 9.84 Å². The lowest BCUT2D eigenvalue weighted by Crippen LogP contribution is -2.25. The molecule has 0 fully saturated rings. The van der Waals surface area contributed by atoms with Gasteiger partial charge in [-0.15, -0.1) is 0 Å². The molecule has 0 amide bonds. The molecule has 0 saturated carbocycles. The third-order valence-corrected chi connectivity index (χ3v) is 4.95. The van der Waals surface area contributed by atoms with E-state index in [9.17, 15) is 13.2 Å². The van der Waals surface area contributed by atoms with Gasteiger partial charge in [-0.25, -0.2) is 13.1 Å². The molecule has 0 aromatic carbocycles. The molecule has 0 aliphatic carbocycles. The van der Waals surface area contributed by atoms with Gasteiger partial charge in [0.2, 0.25) is 0 Å². The van der Waals surface area contributed by atoms with Crippen molar-refractivity contribution in [2.75, 3.05) is 23.4 Å². The average Bonchev–Trinajstić information content (AvgIpc) is 2.42. The highest BCUT2D eigenvalue weighted by Gasteiger charge is 2.11. The second-order valence-corrected chi connectivity index (χ2v) is 7.27. The van der Waals surface area contributed by atoms with Crippen molar-refractivity contribution in [1.29, 1.82) is 0 Å². The van der Waals surface area contributed by atoms with Crippen LogP contribution in [0.1, 0.15) is 26.7 Å². The predicted octanol–water partition coefficient (Wildman–Crippen LogP) is 1.54. The molecule has 20 heavy (non-hydrogen) atoms. The largest absolute Gasteiger partial charge is 0.381 e. The Balaban J connectivity index is 2.73. The number of aryl methyl sites for hydroxylation is 1. The third-order valence-electron chi connectivity index (χ3n) is 2.88. The van der Waals surface area contributed by atoms with Crippen LogP contribution in [0.5, 0.6) is 0 Å². The smallest absolute Gasteiger partial charge is 0.287 e. The number of rotatable bonds is 8. The quantitative estimate of drug-likeness (QED) is 0.785. The Labute approximate surface area is 124 Å². The van der Waals surface area contributed by atoms with Gasteiger partial charge in [-0.3, -0.25) is 4.79 Å². The normalized spacial score (nSPS) is 11.6. The van der Waals surface area contributed by atoms with Crippen molar-refractivity contribution in [1.82, 2.24) is 9.78 Å². The average molecular weight is 322 g/mol. The van der Waals surface area contributed by atoms with E-state index in [4.69, 9.17) is 11.6 Å². The van der Waals surface area contributed by atoms with Crippen molar-refractivity contribution in [3.05, 3.63) is 21.6 Å². The summed E-state index contributed by atoms with van der Waals surface area (Å²) >= 11 is 5.98. The molecule has 1 aromatic heterocycles. The first-order valence-corrected chi connectivity index (χ1v) is 8.81. The van der Waals surface area contributed by atoms with E-state index in [0.29, 0.717) is 12.2 Å². The zero-order chi connectivity index (χ0) is 15.2. The molecule has 0 radical (unpaired) electrons. The molecule has 8 heteroatoms. The van der Waals surface area contributed by atoms with Crippen LogP contribution in [0.15, 0.2) is 11.0 Å². The summed E-state index contributed by atoms with van der Waals surface area (Å²) in [6.45, 7) is 4.35. The minimum absolute atomic E-state index is 0.00124. The molecule has 0 aliphatic rings. The fraction of sp³-hybridized carbons (Fsp3) is 0.667. The highest BCUT2D eigenvalue weighted by atomic mass is 35.5. The summed E-state index contributed by atoms with van der Waals surface area (Å²) in [6, 6.07) is 0. The van der Waals surface area contributed by atoms with Crippen LogP contribution >= 0.6 is 11.6 Å². The maximum absolute atomic E-state index is 11.9. The second kappa shape index (κ2) is 7.64. The van der Waals surface area contributed by atoms with Gasteiger partial charge in [0.05, 0.1) is 17.6 Å². The SMILES string of the molecule is CCCCn1ncc(NCCS(=O)(=O)CC)c(Cl)c1=O. The molecule has 0 spiro atoms. The number of nitrogens with zero attached hydrogens (tertiary/aromatic N) is 2. The molecule has 1 heterocycles. The number of sulfone groups is 1. The standard InChI is InChI=1S/C12H20ClN3O3S/c1-3-5-7-16-12(17)11(13)10(9-15-16)14-6-8-20(18,19)4-2/h9,14H,3-8H2,1-2H3. The molecule has 6 nitrogen and oxygen atoms in total. The minimum atomic E-state index is -3.04. The topological polar surface area (TPSA) is 81.1 Å². The Hall–Kier alpha value is -1.08. The molecule has 0 unspecified atom stereocenters. The van der Waals surface area contributed by atoms with E-state index in [1.54, 1.807) is 6.92 Å². The van der Waals surface area contributed by atoms with E-state index in [-0.39, 0.29) is 28.6 Å². The van der Waals surface area contributed by atoms with Gasteiger partial charge in [0.25, 0.3) is 5.56 Å². The Bertz CT molecular complexity index is 598. The van der Waals surface area contributed by atoms with Crippen LogP contribution in [0.2, 0.25) is 5.02 Å². The second-order valence-electron chi connectivity index (χ2n) is 4.42. The predicted molar refractivity (Wildman–Crippen MR) is 81.2 cm³/mol. The monoisotopic (exact) mass is 321 g/mol. The van der Waals surface area contributed by atoms with Crippen LogP contribution in [0.25, 0.3) is 0 Å². The maximum Gasteiger partial charge on any atom is 0.287 e. The molecule has 1 N–H and O–H groups in total. The summed E-state index contributed by atoms with van der Waals surface area (Å²) in [6.07, 6.45) is 3.27. The summed E-state index contributed by atoms with van der Waals surface area (Å²) < 4.78 is 24.0. The third kappa shape index (κ3) is 4.79. The summed E-state index contributed by atoms with van der Waals surface area (Å²) in [5.41, 5.74) is 0.0131. The van der Waals surface area contributed by atoms with Crippen molar-refractivity contribution in [2.24, 2.45) is 0 Å². The Kier molecular flexibility index (Phi) is 6.48. The van der Waals surface area contributed by atoms with Gasteiger partial charge < -0.3 is 5.32 Å². The highest BCUT2D eigenvalue weighted by molar-refractivity contribution is 7.91. The van der Waals surface area contributed by atoms with Crippen LogP contribution in [-0.2, 0) is 16.4 Å². The number of nitrogens with one attached hydrogen (secondary N) is 1. The van der Waals surface area contributed by atoms with Crippen LogP contribution in [0, 0.1) is 0 Å². The van der Waals surface area contributed by atoms with Gasteiger partial charge in [0, 0.05) is 18.8 Å². The first kappa shape index (κ1) is 17.0. The van der Waals surface area contributed by atoms with Gasteiger partial charge in [-0.2, -0.15) is 5.10 Å². The van der Waals surface area contributed by atoms with E-state index in [2.05, 4.69) is 10.4 Å². The number of aromatic nitrogens is 2. The number of hydrogen-bond acceptors (Lipinski definition) is 5. The lowest BCUT2D eigenvalue weighted by Gasteiger charge is -2.10. The lowest BCUT2D eigenvalue weighted by atomic mass is 10.3. The van der Waals surface area contributed by atoms with Crippen molar-refractivity contribution in [3.63, 3.8) is 0 Å². The Morgan fingerprint density at radius 3 is 2.70 bits per heavy atom.